The van der Waals surface area contributed by atoms with Crippen molar-refractivity contribution in [1.29, 1.82) is 0 Å². The van der Waals surface area contributed by atoms with E-state index >= 15 is 0 Å². The van der Waals surface area contributed by atoms with Crippen LogP contribution in [0.25, 0.3) is 0 Å². The summed E-state index contributed by atoms with van der Waals surface area (Å²) in [4.78, 5) is 2.68. The molecule has 2 fully saturated rings. The third-order valence-electron chi connectivity index (χ3n) is 5.44. The number of nitrogens with zero attached hydrogens (tertiary/aromatic N) is 1. The van der Waals surface area contributed by atoms with Crippen molar-refractivity contribution >= 4 is 0 Å². The number of piperidine rings is 1. The highest BCUT2D eigenvalue weighted by Gasteiger charge is 2.35. The van der Waals surface area contributed by atoms with Crippen LogP contribution in [-0.4, -0.2) is 36.7 Å². The Bertz CT molecular complexity index is 472. The summed E-state index contributed by atoms with van der Waals surface area (Å²) in [6.45, 7) is 1.17. The lowest BCUT2D eigenvalue weighted by Gasteiger charge is -2.46. The molecule has 2 atom stereocenters. The molecule has 1 aromatic carbocycles. The fraction of sp³-hybridized carbons (Fsp3) is 0.684. The van der Waals surface area contributed by atoms with E-state index in [0.717, 1.165) is 18.4 Å². The molecule has 0 N–H and O–H groups in total. The predicted molar refractivity (Wildman–Crippen MR) is 87.5 cm³/mol. The van der Waals surface area contributed by atoms with E-state index in [1.165, 1.54) is 51.1 Å². The van der Waals surface area contributed by atoms with Gasteiger partial charge in [0.2, 0.25) is 0 Å². The van der Waals surface area contributed by atoms with Crippen molar-refractivity contribution in [2.24, 2.45) is 0 Å². The number of hydrogen-bond donors (Lipinski definition) is 0. The monoisotopic (exact) mass is 305 g/mol. The van der Waals surface area contributed by atoms with Gasteiger partial charge in [0.05, 0.1) is 6.10 Å². The Labute approximate surface area is 133 Å². The standard InChI is InChI=1S/C19H28FNO/c1-22-19-11-6-12-21(17-9-3-2-4-10-17)18(19)14-15-7-5-8-16(20)13-15/h5,7-8,13,17-19H,2-4,6,9-12,14H2,1H3/t18-,19-/m0/s1. The minimum atomic E-state index is -0.133. The van der Waals surface area contributed by atoms with Crippen LogP contribution in [0.15, 0.2) is 24.3 Å². The molecule has 0 amide bonds. The normalized spacial score (nSPS) is 27.9. The van der Waals surface area contributed by atoms with Gasteiger partial charge in [-0.15, -0.1) is 0 Å². The van der Waals surface area contributed by atoms with Crippen molar-refractivity contribution in [1.82, 2.24) is 4.90 Å². The number of ether oxygens (including phenoxy) is 1. The number of methoxy groups -OCH3 is 1. The topological polar surface area (TPSA) is 12.5 Å². The molecule has 0 aromatic heterocycles. The quantitative estimate of drug-likeness (QED) is 0.827. The Kier molecular flexibility index (Phi) is 5.48. The van der Waals surface area contributed by atoms with Crippen LogP contribution in [0.4, 0.5) is 4.39 Å². The Morgan fingerprint density at radius 3 is 2.68 bits per heavy atom. The summed E-state index contributed by atoms with van der Waals surface area (Å²) in [5.74, 6) is -0.133. The lowest BCUT2D eigenvalue weighted by Crippen LogP contribution is -2.54. The average Bonchev–Trinajstić information content (AvgIpc) is 2.56. The zero-order valence-corrected chi connectivity index (χ0v) is 13.6. The Morgan fingerprint density at radius 2 is 1.95 bits per heavy atom. The van der Waals surface area contributed by atoms with E-state index in [9.17, 15) is 4.39 Å². The lowest BCUT2D eigenvalue weighted by atomic mass is 9.87. The van der Waals surface area contributed by atoms with Crippen LogP contribution in [-0.2, 0) is 11.2 Å². The second kappa shape index (κ2) is 7.56. The molecule has 1 saturated carbocycles. The van der Waals surface area contributed by atoms with Crippen LogP contribution in [0.3, 0.4) is 0 Å². The molecule has 1 saturated heterocycles. The molecule has 2 nitrogen and oxygen atoms in total. The van der Waals surface area contributed by atoms with E-state index in [4.69, 9.17) is 4.74 Å². The van der Waals surface area contributed by atoms with Gasteiger partial charge >= 0.3 is 0 Å². The van der Waals surface area contributed by atoms with E-state index in [-0.39, 0.29) is 11.9 Å². The molecule has 3 rings (SSSR count). The molecular formula is C19H28FNO. The second-order valence-electron chi connectivity index (χ2n) is 6.85. The smallest absolute Gasteiger partial charge is 0.123 e. The summed E-state index contributed by atoms with van der Waals surface area (Å²) in [5.41, 5.74) is 1.09. The fourth-order valence-electron chi connectivity index (χ4n) is 4.34. The maximum Gasteiger partial charge on any atom is 0.123 e. The summed E-state index contributed by atoms with van der Waals surface area (Å²) in [6, 6.07) is 8.16. The maximum atomic E-state index is 13.5. The van der Waals surface area contributed by atoms with Gasteiger partial charge in [0, 0.05) is 19.2 Å². The van der Waals surface area contributed by atoms with Gasteiger partial charge in [-0.05, 0) is 56.3 Å². The number of hydrogen-bond acceptors (Lipinski definition) is 2. The van der Waals surface area contributed by atoms with Crippen LogP contribution >= 0.6 is 0 Å². The summed E-state index contributed by atoms with van der Waals surface area (Å²) in [5, 5.41) is 0. The van der Waals surface area contributed by atoms with E-state index in [0.29, 0.717) is 12.1 Å². The van der Waals surface area contributed by atoms with Gasteiger partial charge in [0.1, 0.15) is 5.82 Å². The number of rotatable bonds is 4. The first-order valence-corrected chi connectivity index (χ1v) is 8.81. The molecule has 1 aliphatic carbocycles. The first kappa shape index (κ1) is 15.9. The molecule has 0 radical (unpaired) electrons. The molecule has 0 bridgehead atoms. The van der Waals surface area contributed by atoms with E-state index in [1.54, 1.807) is 6.07 Å². The van der Waals surface area contributed by atoms with E-state index in [1.807, 2.05) is 19.2 Å². The average molecular weight is 305 g/mol. The van der Waals surface area contributed by atoms with Gasteiger partial charge in [0.15, 0.2) is 0 Å². The Balaban J connectivity index is 1.77. The summed E-state index contributed by atoms with van der Waals surface area (Å²) in [6.07, 6.45) is 10.2. The summed E-state index contributed by atoms with van der Waals surface area (Å²) in [7, 11) is 1.83. The molecule has 122 valence electrons. The van der Waals surface area contributed by atoms with Gasteiger partial charge in [-0.1, -0.05) is 31.4 Å². The molecule has 0 unspecified atom stereocenters. The van der Waals surface area contributed by atoms with Gasteiger partial charge in [0.25, 0.3) is 0 Å². The molecular weight excluding hydrogens is 277 g/mol. The third kappa shape index (κ3) is 3.69. The van der Waals surface area contributed by atoms with Gasteiger partial charge < -0.3 is 4.74 Å². The van der Waals surface area contributed by atoms with Crippen LogP contribution in [0, 0.1) is 5.82 Å². The molecule has 1 heterocycles. The highest BCUT2D eigenvalue weighted by molar-refractivity contribution is 5.18. The van der Waals surface area contributed by atoms with E-state index < -0.39 is 0 Å². The van der Waals surface area contributed by atoms with Crippen molar-refractivity contribution in [3.8, 4) is 0 Å². The number of halogens is 1. The van der Waals surface area contributed by atoms with Crippen molar-refractivity contribution in [3.05, 3.63) is 35.6 Å². The molecule has 0 spiro atoms. The summed E-state index contributed by atoms with van der Waals surface area (Å²) < 4.78 is 19.3. The number of likely N-dealkylation sites (tertiary alicyclic amines) is 1. The molecule has 1 aromatic rings. The van der Waals surface area contributed by atoms with Crippen molar-refractivity contribution < 1.29 is 9.13 Å². The van der Waals surface area contributed by atoms with E-state index in [2.05, 4.69) is 4.90 Å². The SMILES string of the molecule is CO[C@H]1CCCN(C2CCCCC2)[C@H]1Cc1cccc(F)c1. The zero-order valence-electron chi connectivity index (χ0n) is 13.6. The number of benzene rings is 1. The first-order chi connectivity index (χ1) is 10.8. The van der Waals surface area contributed by atoms with Crippen LogP contribution in [0.5, 0.6) is 0 Å². The molecule has 2 aliphatic rings. The van der Waals surface area contributed by atoms with Crippen LogP contribution < -0.4 is 0 Å². The first-order valence-electron chi connectivity index (χ1n) is 8.81. The van der Waals surface area contributed by atoms with Crippen molar-refractivity contribution in [3.63, 3.8) is 0 Å². The van der Waals surface area contributed by atoms with Gasteiger partial charge in [-0.2, -0.15) is 0 Å². The van der Waals surface area contributed by atoms with Crippen LogP contribution in [0.1, 0.15) is 50.5 Å². The minimum absolute atomic E-state index is 0.133. The Morgan fingerprint density at radius 1 is 1.14 bits per heavy atom. The molecule has 3 heteroatoms. The van der Waals surface area contributed by atoms with Gasteiger partial charge in [-0.3, -0.25) is 4.90 Å². The van der Waals surface area contributed by atoms with Gasteiger partial charge in [-0.25, -0.2) is 4.39 Å². The third-order valence-corrected chi connectivity index (χ3v) is 5.44. The largest absolute Gasteiger partial charge is 0.380 e. The fourth-order valence-corrected chi connectivity index (χ4v) is 4.34. The van der Waals surface area contributed by atoms with Crippen LogP contribution in [0.2, 0.25) is 0 Å². The molecule has 1 aliphatic heterocycles. The highest BCUT2D eigenvalue weighted by atomic mass is 19.1. The Hall–Kier alpha value is -0.930. The second-order valence-corrected chi connectivity index (χ2v) is 6.85. The van der Waals surface area contributed by atoms with Crippen molar-refractivity contribution in [2.45, 2.75) is 69.6 Å². The predicted octanol–water partition coefficient (Wildman–Crippen LogP) is 4.18. The highest BCUT2D eigenvalue weighted by Crippen LogP contribution is 2.31. The zero-order chi connectivity index (χ0) is 15.4. The maximum absolute atomic E-state index is 13.5. The minimum Gasteiger partial charge on any atom is -0.380 e. The van der Waals surface area contributed by atoms with Crippen molar-refractivity contribution in [2.75, 3.05) is 13.7 Å². The lowest BCUT2D eigenvalue weighted by molar-refractivity contribution is -0.0422. The summed E-state index contributed by atoms with van der Waals surface area (Å²) >= 11 is 0. The molecule has 22 heavy (non-hydrogen) atoms.